The Bertz CT molecular complexity index is 158. The van der Waals surface area contributed by atoms with Crippen LogP contribution in [0.3, 0.4) is 0 Å². The van der Waals surface area contributed by atoms with Gasteiger partial charge in [0.1, 0.15) is 0 Å². The molecule has 1 aliphatic rings. The van der Waals surface area contributed by atoms with E-state index >= 15 is 0 Å². The Morgan fingerprint density at radius 2 is 1.82 bits per heavy atom. The van der Waals surface area contributed by atoms with Gasteiger partial charge in [-0.25, -0.2) is 0 Å². The molecule has 0 aromatic carbocycles. The van der Waals surface area contributed by atoms with E-state index in [2.05, 4.69) is 17.6 Å². The molecule has 0 bridgehead atoms. The van der Waals surface area contributed by atoms with Gasteiger partial charge in [0.2, 0.25) is 0 Å². The van der Waals surface area contributed by atoms with Crippen LogP contribution in [0.1, 0.15) is 51.9 Å². The molecular formula is C14H30N2O. The molecule has 1 rings (SSSR count). The van der Waals surface area contributed by atoms with Gasteiger partial charge in [-0.05, 0) is 25.8 Å². The van der Waals surface area contributed by atoms with Crippen LogP contribution in [0.5, 0.6) is 0 Å². The Balaban J connectivity index is 1.69. The van der Waals surface area contributed by atoms with Crippen molar-refractivity contribution in [2.24, 2.45) is 0 Å². The second-order valence-corrected chi connectivity index (χ2v) is 5.00. The summed E-state index contributed by atoms with van der Waals surface area (Å²) in [5, 5.41) is 6.94. The second kappa shape index (κ2) is 11.0. The van der Waals surface area contributed by atoms with E-state index in [0.717, 1.165) is 26.2 Å². The monoisotopic (exact) mass is 242 g/mol. The Morgan fingerprint density at radius 3 is 2.59 bits per heavy atom. The lowest BCUT2D eigenvalue weighted by Gasteiger charge is -2.11. The van der Waals surface area contributed by atoms with Gasteiger partial charge in [-0.3, -0.25) is 0 Å². The van der Waals surface area contributed by atoms with E-state index in [9.17, 15) is 0 Å². The van der Waals surface area contributed by atoms with E-state index in [1.807, 2.05) is 0 Å². The molecule has 1 unspecified atom stereocenters. The van der Waals surface area contributed by atoms with Crippen LogP contribution in [0.4, 0.5) is 0 Å². The van der Waals surface area contributed by atoms with Crippen molar-refractivity contribution in [1.82, 2.24) is 10.6 Å². The summed E-state index contributed by atoms with van der Waals surface area (Å²) in [7, 11) is 0. The van der Waals surface area contributed by atoms with E-state index in [4.69, 9.17) is 4.74 Å². The Labute approximate surface area is 107 Å². The molecule has 0 amide bonds. The van der Waals surface area contributed by atoms with Crippen LogP contribution in [0.2, 0.25) is 0 Å². The van der Waals surface area contributed by atoms with Gasteiger partial charge in [0.15, 0.2) is 0 Å². The number of hydrogen-bond acceptors (Lipinski definition) is 3. The Hall–Kier alpha value is -0.120. The number of ether oxygens (including phenoxy) is 1. The quantitative estimate of drug-likeness (QED) is 0.546. The van der Waals surface area contributed by atoms with Crippen molar-refractivity contribution in [3.8, 4) is 0 Å². The summed E-state index contributed by atoms with van der Waals surface area (Å²) in [6.45, 7) is 7.57. The molecule has 0 spiro atoms. The first-order valence-electron chi connectivity index (χ1n) is 7.46. The van der Waals surface area contributed by atoms with Crippen molar-refractivity contribution in [2.75, 3.05) is 32.8 Å². The molecule has 0 saturated carbocycles. The lowest BCUT2D eigenvalue weighted by Crippen LogP contribution is -2.32. The van der Waals surface area contributed by atoms with E-state index in [1.165, 1.54) is 51.5 Å². The Morgan fingerprint density at radius 1 is 1.00 bits per heavy atom. The molecule has 0 radical (unpaired) electrons. The predicted octanol–water partition coefficient (Wildman–Crippen LogP) is 2.31. The molecule has 1 heterocycles. The summed E-state index contributed by atoms with van der Waals surface area (Å²) in [5.41, 5.74) is 0. The molecule has 0 aromatic heterocycles. The summed E-state index contributed by atoms with van der Waals surface area (Å²) in [6, 6.07) is 0. The van der Waals surface area contributed by atoms with Gasteiger partial charge in [0, 0.05) is 26.2 Å². The molecule has 0 aromatic rings. The van der Waals surface area contributed by atoms with Crippen LogP contribution in [0.25, 0.3) is 0 Å². The van der Waals surface area contributed by atoms with E-state index in [-0.39, 0.29) is 0 Å². The highest BCUT2D eigenvalue weighted by Gasteiger charge is 2.13. The fourth-order valence-corrected chi connectivity index (χ4v) is 2.22. The lowest BCUT2D eigenvalue weighted by molar-refractivity contribution is 0.110. The summed E-state index contributed by atoms with van der Waals surface area (Å²) < 4.78 is 5.55. The zero-order valence-electron chi connectivity index (χ0n) is 11.5. The van der Waals surface area contributed by atoms with Crippen LogP contribution < -0.4 is 10.6 Å². The summed E-state index contributed by atoms with van der Waals surface area (Å²) >= 11 is 0. The molecule has 1 atom stereocenters. The van der Waals surface area contributed by atoms with Gasteiger partial charge in [0.25, 0.3) is 0 Å². The van der Waals surface area contributed by atoms with Crippen LogP contribution in [0, 0.1) is 0 Å². The maximum absolute atomic E-state index is 5.55. The topological polar surface area (TPSA) is 33.3 Å². The number of rotatable bonds is 11. The summed E-state index contributed by atoms with van der Waals surface area (Å²) in [5.74, 6) is 0. The minimum atomic E-state index is 0.476. The molecule has 0 aliphatic carbocycles. The molecule has 3 nitrogen and oxygen atoms in total. The molecule has 2 N–H and O–H groups in total. The first-order valence-corrected chi connectivity index (χ1v) is 7.46. The fourth-order valence-electron chi connectivity index (χ4n) is 2.22. The largest absolute Gasteiger partial charge is 0.377 e. The maximum Gasteiger partial charge on any atom is 0.0700 e. The van der Waals surface area contributed by atoms with Gasteiger partial charge in [0.05, 0.1) is 6.10 Å². The first kappa shape index (κ1) is 14.9. The van der Waals surface area contributed by atoms with E-state index in [0.29, 0.717) is 6.10 Å². The highest BCUT2D eigenvalue weighted by atomic mass is 16.5. The normalized spacial score (nSPS) is 19.9. The molecule has 1 saturated heterocycles. The van der Waals surface area contributed by atoms with Crippen molar-refractivity contribution in [3.05, 3.63) is 0 Å². The highest BCUT2D eigenvalue weighted by molar-refractivity contribution is 4.67. The number of nitrogens with one attached hydrogen (secondary N) is 2. The van der Waals surface area contributed by atoms with E-state index in [1.54, 1.807) is 0 Å². The lowest BCUT2D eigenvalue weighted by atomic mass is 10.1. The third-order valence-corrected chi connectivity index (χ3v) is 3.33. The predicted molar refractivity (Wildman–Crippen MR) is 73.5 cm³/mol. The third kappa shape index (κ3) is 8.58. The standard InChI is InChI=1S/C14H30N2O/c1-2-3-4-5-6-9-15-10-11-16-13-14-8-7-12-17-14/h14-16H,2-13H2,1H3. The van der Waals surface area contributed by atoms with Gasteiger partial charge in [-0.1, -0.05) is 32.6 Å². The Kier molecular flexibility index (Phi) is 9.66. The minimum Gasteiger partial charge on any atom is -0.377 e. The van der Waals surface area contributed by atoms with Crippen molar-refractivity contribution in [2.45, 2.75) is 58.0 Å². The van der Waals surface area contributed by atoms with Gasteiger partial charge >= 0.3 is 0 Å². The smallest absolute Gasteiger partial charge is 0.0700 e. The molecule has 102 valence electrons. The average molecular weight is 242 g/mol. The molecular weight excluding hydrogens is 212 g/mol. The van der Waals surface area contributed by atoms with Crippen LogP contribution in [-0.4, -0.2) is 38.9 Å². The molecule has 1 fully saturated rings. The molecule has 3 heteroatoms. The van der Waals surface area contributed by atoms with Crippen molar-refractivity contribution >= 4 is 0 Å². The summed E-state index contributed by atoms with van der Waals surface area (Å²) in [6.07, 6.45) is 9.78. The zero-order chi connectivity index (χ0) is 12.2. The third-order valence-electron chi connectivity index (χ3n) is 3.33. The van der Waals surface area contributed by atoms with Crippen LogP contribution in [0.15, 0.2) is 0 Å². The van der Waals surface area contributed by atoms with Gasteiger partial charge in [-0.2, -0.15) is 0 Å². The molecule has 17 heavy (non-hydrogen) atoms. The van der Waals surface area contributed by atoms with Crippen molar-refractivity contribution in [1.29, 1.82) is 0 Å². The van der Waals surface area contributed by atoms with Crippen molar-refractivity contribution in [3.63, 3.8) is 0 Å². The second-order valence-electron chi connectivity index (χ2n) is 5.00. The maximum atomic E-state index is 5.55. The number of hydrogen-bond donors (Lipinski definition) is 2. The van der Waals surface area contributed by atoms with E-state index < -0.39 is 0 Å². The van der Waals surface area contributed by atoms with Gasteiger partial charge in [-0.15, -0.1) is 0 Å². The zero-order valence-corrected chi connectivity index (χ0v) is 11.5. The first-order chi connectivity index (χ1) is 8.43. The SMILES string of the molecule is CCCCCCCNCCNCC1CCCO1. The molecule has 1 aliphatic heterocycles. The minimum absolute atomic E-state index is 0.476. The fraction of sp³-hybridized carbons (Fsp3) is 1.00. The van der Waals surface area contributed by atoms with Crippen LogP contribution >= 0.6 is 0 Å². The van der Waals surface area contributed by atoms with Gasteiger partial charge < -0.3 is 15.4 Å². The highest BCUT2D eigenvalue weighted by Crippen LogP contribution is 2.10. The number of unbranched alkanes of at least 4 members (excludes halogenated alkanes) is 4. The average Bonchev–Trinajstić information content (AvgIpc) is 2.85. The van der Waals surface area contributed by atoms with Crippen LogP contribution in [-0.2, 0) is 4.74 Å². The van der Waals surface area contributed by atoms with Crippen molar-refractivity contribution < 1.29 is 4.74 Å². The summed E-state index contributed by atoms with van der Waals surface area (Å²) in [4.78, 5) is 0.